The Morgan fingerprint density at radius 3 is 2.18 bits per heavy atom. The Kier molecular flexibility index (Phi) is 4.58. The molecule has 4 nitrogen and oxygen atoms in total. The van der Waals surface area contributed by atoms with E-state index in [0.29, 0.717) is 28.4 Å². The number of hydrogen-bond acceptors (Lipinski definition) is 4. The van der Waals surface area contributed by atoms with Crippen LogP contribution in [0.5, 0.6) is 0 Å². The van der Waals surface area contributed by atoms with Gasteiger partial charge in [0.25, 0.3) is 0 Å². The summed E-state index contributed by atoms with van der Waals surface area (Å²) in [5, 5.41) is 22.4. The molecule has 5 unspecified atom stereocenters. The number of Topliss-reactive ketones (excluding diaryl/α,β-unsaturated/α-hetero) is 1. The van der Waals surface area contributed by atoms with Crippen LogP contribution in [0, 0.1) is 44.8 Å². The van der Waals surface area contributed by atoms with Crippen molar-refractivity contribution in [2.75, 3.05) is 0 Å². The van der Waals surface area contributed by atoms with E-state index >= 15 is 0 Å². The lowest BCUT2D eigenvalue weighted by molar-refractivity contribution is -0.192. The van der Waals surface area contributed by atoms with Crippen molar-refractivity contribution in [3.63, 3.8) is 0 Å². The van der Waals surface area contributed by atoms with Crippen LogP contribution in [0.1, 0.15) is 113 Å². The summed E-state index contributed by atoms with van der Waals surface area (Å²) in [6, 6.07) is 0. The van der Waals surface area contributed by atoms with E-state index in [9.17, 15) is 15.0 Å². The maximum atomic E-state index is 12.9. The smallest absolute Gasteiger partial charge is 0.138 e. The molecule has 1 heterocycles. The highest BCUT2D eigenvalue weighted by atomic mass is 16.5. The topological polar surface area (TPSA) is 66.8 Å². The molecule has 0 bridgehead atoms. The summed E-state index contributed by atoms with van der Waals surface area (Å²) in [7, 11) is 0. The lowest BCUT2D eigenvalue weighted by Crippen LogP contribution is -2.59. The zero-order valence-corrected chi connectivity index (χ0v) is 22.7. The van der Waals surface area contributed by atoms with Crippen LogP contribution in [-0.4, -0.2) is 39.4 Å². The van der Waals surface area contributed by atoms with Crippen molar-refractivity contribution in [2.45, 2.75) is 136 Å². The molecule has 34 heavy (non-hydrogen) atoms. The molecule has 192 valence electrons. The van der Waals surface area contributed by atoms with Crippen molar-refractivity contribution >= 4 is 5.78 Å². The maximum Gasteiger partial charge on any atom is 0.138 e. The Morgan fingerprint density at radius 2 is 1.53 bits per heavy atom. The van der Waals surface area contributed by atoms with Crippen LogP contribution in [0.25, 0.3) is 0 Å². The number of hydrogen-bond donors (Lipinski definition) is 2. The summed E-state index contributed by atoms with van der Waals surface area (Å²) in [6.45, 7) is 15.4. The minimum absolute atomic E-state index is 0.0300. The first kappa shape index (κ1) is 23.9. The molecule has 1 aliphatic heterocycles. The lowest BCUT2D eigenvalue weighted by Gasteiger charge is -2.63. The van der Waals surface area contributed by atoms with Crippen molar-refractivity contribution in [2.24, 2.45) is 44.8 Å². The molecule has 6 rings (SSSR count). The van der Waals surface area contributed by atoms with Crippen molar-refractivity contribution < 1.29 is 19.7 Å². The molecule has 2 spiro atoms. The van der Waals surface area contributed by atoms with E-state index in [-0.39, 0.29) is 34.4 Å². The largest absolute Gasteiger partial charge is 0.393 e. The molecule has 1 saturated heterocycles. The van der Waals surface area contributed by atoms with Crippen LogP contribution < -0.4 is 0 Å². The van der Waals surface area contributed by atoms with Gasteiger partial charge in [0.1, 0.15) is 5.78 Å². The molecule has 0 aromatic carbocycles. The predicted molar refractivity (Wildman–Crippen MR) is 132 cm³/mol. The molecular formula is C30H48O4. The van der Waals surface area contributed by atoms with E-state index in [1.54, 1.807) is 0 Å². The van der Waals surface area contributed by atoms with Crippen LogP contribution in [0.3, 0.4) is 0 Å². The van der Waals surface area contributed by atoms with E-state index in [0.717, 1.165) is 38.5 Å². The average molecular weight is 473 g/mol. The van der Waals surface area contributed by atoms with Gasteiger partial charge in [0, 0.05) is 17.8 Å². The summed E-state index contributed by atoms with van der Waals surface area (Å²) < 4.78 is 6.67. The molecule has 2 N–H and O–H groups in total. The molecular weight excluding hydrogens is 424 g/mol. The summed E-state index contributed by atoms with van der Waals surface area (Å²) in [4.78, 5) is 12.9. The Hall–Kier alpha value is -0.450. The fourth-order valence-corrected chi connectivity index (χ4v) is 11.9. The quantitative estimate of drug-likeness (QED) is 0.543. The maximum absolute atomic E-state index is 12.9. The first-order valence-electron chi connectivity index (χ1n) is 14.2. The first-order chi connectivity index (χ1) is 15.6. The summed E-state index contributed by atoms with van der Waals surface area (Å²) >= 11 is 0. The minimum atomic E-state index is -0.855. The number of aliphatic hydroxyl groups is 2. The minimum Gasteiger partial charge on any atom is -0.393 e. The summed E-state index contributed by atoms with van der Waals surface area (Å²) in [5.41, 5.74) is -0.560. The average Bonchev–Trinajstić information content (AvgIpc) is 3.11. The van der Waals surface area contributed by atoms with Crippen LogP contribution in [0.15, 0.2) is 0 Å². The molecule has 0 amide bonds. The van der Waals surface area contributed by atoms with Crippen LogP contribution in [0.2, 0.25) is 0 Å². The summed E-state index contributed by atoms with van der Waals surface area (Å²) in [5.74, 6) is 1.76. The number of carbonyl (C=O) groups is 1. The number of fused-ring (bicyclic) bond motifs is 2. The second kappa shape index (κ2) is 6.51. The van der Waals surface area contributed by atoms with Gasteiger partial charge in [-0.1, -0.05) is 27.7 Å². The Labute approximate surface area is 206 Å². The molecule has 6 aliphatic rings. The third-order valence-corrected chi connectivity index (χ3v) is 13.6. The van der Waals surface area contributed by atoms with Gasteiger partial charge in [-0.3, -0.25) is 4.79 Å². The van der Waals surface area contributed by atoms with Gasteiger partial charge < -0.3 is 14.9 Å². The highest BCUT2D eigenvalue weighted by Gasteiger charge is 2.83. The number of aliphatic hydroxyl groups excluding tert-OH is 1. The van der Waals surface area contributed by atoms with Gasteiger partial charge in [-0.15, -0.1) is 0 Å². The van der Waals surface area contributed by atoms with Crippen molar-refractivity contribution in [3.05, 3.63) is 0 Å². The second-order valence-electron chi connectivity index (χ2n) is 15.5. The zero-order chi connectivity index (χ0) is 24.7. The molecule has 6 fully saturated rings. The zero-order valence-electron chi connectivity index (χ0n) is 22.7. The number of rotatable bonds is 2. The van der Waals surface area contributed by atoms with Crippen LogP contribution in [-0.2, 0) is 9.53 Å². The van der Waals surface area contributed by atoms with E-state index in [4.69, 9.17) is 4.74 Å². The van der Waals surface area contributed by atoms with Gasteiger partial charge in [0.15, 0.2) is 0 Å². The van der Waals surface area contributed by atoms with Gasteiger partial charge in [-0.05, 0) is 112 Å². The standard InChI is InChI=1S/C30H48O4/c1-24(2)19-8-9-20-27(6)16-18(31)23(28(7)12-11-22(34-28)25(3,4)33)26(27,5)14-15-30(20)17-29(19,30)13-10-21(24)32/h18-20,22-23,31,33H,8-17H2,1-7H3/t18-,19?,20-,22?,23?,26+,27-,28-,29?,30?/m0/s1. The lowest BCUT2D eigenvalue weighted by atomic mass is 9.41. The van der Waals surface area contributed by atoms with E-state index in [1.807, 2.05) is 13.8 Å². The SMILES string of the molecule is CC(C)(O)C1CC[C@@](C)(C2[C@@H](O)C[C@@]3(C)[C@@H]4CCC5C(C)(C)C(=O)CCC56CC46CC[C@]23C)O1. The third kappa shape index (κ3) is 2.55. The normalized spacial score (nSPS) is 58.0. The molecule has 0 aromatic rings. The van der Waals surface area contributed by atoms with E-state index in [2.05, 4.69) is 34.6 Å². The highest BCUT2D eigenvalue weighted by Crippen LogP contribution is 2.89. The Morgan fingerprint density at radius 1 is 0.882 bits per heavy atom. The van der Waals surface area contributed by atoms with Gasteiger partial charge in [0.05, 0.1) is 23.4 Å². The Balaban J connectivity index is 1.35. The number of ketones is 1. The number of ether oxygens (including phenoxy) is 1. The summed E-state index contributed by atoms with van der Waals surface area (Å²) in [6.07, 6.45) is 10.1. The van der Waals surface area contributed by atoms with Gasteiger partial charge >= 0.3 is 0 Å². The first-order valence-corrected chi connectivity index (χ1v) is 14.2. The van der Waals surface area contributed by atoms with Gasteiger partial charge in [-0.25, -0.2) is 0 Å². The van der Waals surface area contributed by atoms with Crippen LogP contribution in [0.4, 0.5) is 0 Å². The highest BCUT2D eigenvalue weighted by molar-refractivity contribution is 5.86. The monoisotopic (exact) mass is 472 g/mol. The van der Waals surface area contributed by atoms with Crippen LogP contribution >= 0.6 is 0 Å². The molecule has 0 aromatic heterocycles. The molecule has 0 radical (unpaired) electrons. The molecule has 5 aliphatic carbocycles. The third-order valence-electron chi connectivity index (χ3n) is 13.6. The van der Waals surface area contributed by atoms with E-state index in [1.165, 1.54) is 25.7 Å². The number of carbonyl (C=O) groups excluding carboxylic acids is 1. The van der Waals surface area contributed by atoms with E-state index < -0.39 is 11.2 Å². The van der Waals surface area contributed by atoms with Gasteiger partial charge in [0.2, 0.25) is 0 Å². The molecule has 10 atom stereocenters. The molecule has 5 saturated carbocycles. The van der Waals surface area contributed by atoms with Crippen molar-refractivity contribution in [1.29, 1.82) is 0 Å². The second-order valence-corrected chi connectivity index (χ2v) is 15.5. The predicted octanol–water partition coefficient (Wildman–Crippen LogP) is 5.67. The fourth-order valence-electron chi connectivity index (χ4n) is 11.9. The molecule has 4 heteroatoms. The van der Waals surface area contributed by atoms with Gasteiger partial charge in [-0.2, -0.15) is 0 Å². The fraction of sp³-hybridized carbons (Fsp3) is 0.967. The van der Waals surface area contributed by atoms with Crippen molar-refractivity contribution in [1.82, 2.24) is 0 Å². The van der Waals surface area contributed by atoms with Crippen molar-refractivity contribution in [3.8, 4) is 0 Å². The Bertz CT molecular complexity index is 919.